The van der Waals surface area contributed by atoms with Crippen molar-refractivity contribution < 1.29 is 9.53 Å². The van der Waals surface area contributed by atoms with Crippen LogP contribution in [0.4, 0.5) is 0 Å². The van der Waals surface area contributed by atoms with Gasteiger partial charge in [0, 0.05) is 5.38 Å². The van der Waals surface area contributed by atoms with E-state index in [0.717, 1.165) is 22.6 Å². The molecule has 0 unspecified atom stereocenters. The van der Waals surface area contributed by atoms with E-state index >= 15 is 0 Å². The molecule has 0 aliphatic rings. The number of ether oxygens (including phenoxy) is 1. The lowest BCUT2D eigenvalue weighted by atomic mass is 10.2. The highest BCUT2D eigenvalue weighted by molar-refractivity contribution is 7.09. The van der Waals surface area contributed by atoms with Gasteiger partial charge in [0.25, 0.3) is 0 Å². The molecule has 0 atom stereocenters. The molecule has 4 heteroatoms. The number of nitrogens with zero attached hydrogens (tertiary/aromatic N) is 1. The van der Waals surface area contributed by atoms with E-state index in [4.69, 9.17) is 4.74 Å². The third-order valence-electron chi connectivity index (χ3n) is 2.13. The molecular weight excluding hydrogens is 222 g/mol. The molecule has 0 spiro atoms. The first-order valence-corrected chi connectivity index (χ1v) is 5.75. The maximum atomic E-state index is 10.5. The summed E-state index contributed by atoms with van der Waals surface area (Å²) in [6.07, 6.45) is 0.744. The largest absolute Gasteiger partial charge is 0.486 e. The summed E-state index contributed by atoms with van der Waals surface area (Å²) in [5, 5.41) is 2.54. The van der Waals surface area contributed by atoms with Crippen LogP contribution in [0.5, 0.6) is 5.75 Å². The Kier molecular flexibility index (Phi) is 3.31. The van der Waals surface area contributed by atoms with Gasteiger partial charge >= 0.3 is 0 Å². The normalized spacial score (nSPS) is 10.1. The van der Waals surface area contributed by atoms with Crippen LogP contribution in [0.2, 0.25) is 0 Å². The van der Waals surface area contributed by atoms with Crippen molar-refractivity contribution in [2.24, 2.45) is 0 Å². The van der Waals surface area contributed by atoms with Gasteiger partial charge in [-0.15, -0.1) is 11.3 Å². The predicted molar refractivity (Wildman–Crippen MR) is 63.0 cm³/mol. The van der Waals surface area contributed by atoms with Crippen molar-refractivity contribution in [3.63, 3.8) is 0 Å². The highest BCUT2D eigenvalue weighted by Crippen LogP contribution is 2.18. The van der Waals surface area contributed by atoms with Crippen molar-refractivity contribution in [1.82, 2.24) is 4.98 Å². The first-order chi connectivity index (χ1) is 7.79. The molecule has 82 valence electrons. The van der Waals surface area contributed by atoms with Gasteiger partial charge in [-0.05, 0) is 18.6 Å². The van der Waals surface area contributed by atoms with E-state index in [0.29, 0.717) is 12.3 Å². The molecule has 3 nitrogen and oxygen atoms in total. The van der Waals surface area contributed by atoms with Crippen molar-refractivity contribution in [2.45, 2.75) is 13.5 Å². The summed E-state index contributed by atoms with van der Waals surface area (Å²) in [6, 6.07) is 7.81. The Morgan fingerprint density at radius 2 is 2.25 bits per heavy atom. The number of carbonyl (C=O) groups is 1. The van der Waals surface area contributed by atoms with Gasteiger partial charge < -0.3 is 4.74 Å². The maximum Gasteiger partial charge on any atom is 0.169 e. The van der Waals surface area contributed by atoms with Gasteiger partial charge in [-0.3, -0.25) is 4.79 Å². The molecule has 16 heavy (non-hydrogen) atoms. The number of aldehydes is 1. The second-order valence-corrected chi connectivity index (χ2v) is 4.28. The summed E-state index contributed by atoms with van der Waals surface area (Å²) in [7, 11) is 0. The van der Waals surface area contributed by atoms with Gasteiger partial charge in [0.1, 0.15) is 23.1 Å². The number of benzene rings is 1. The Morgan fingerprint density at radius 3 is 2.94 bits per heavy atom. The van der Waals surface area contributed by atoms with Crippen LogP contribution in [0.15, 0.2) is 29.6 Å². The predicted octanol–water partition coefficient (Wildman–Crippen LogP) is 2.84. The van der Waals surface area contributed by atoms with Crippen LogP contribution in [-0.4, -0.2) is 11.3 Å². The van der Waals surface area contributed by atoms with E-state index in [2.05, 4.69) is 4.98 Å². The van der Waals surface area contributed by atoms with E-state index < -0.39 is 0 Å². The zero-order chi connectivity index (χ0) is 11.4. The first-order valence-electron chi connectivity index (χ1n) is 4.87. The zero-order valence-electron chi connectivity index (χ0n) is 8.84. The minimum Gasteiger partial charge on any atom is -0.486 e. The summed E-state index contributed by atoms with van der Waals surface area (Å²) < 4.78 is 5.61. The Hall–Kier alpha value is -1.68. The monoisotopic (exact) mass is 233 g/mol. The molecule has 0 bridgehead atoms. The van der Waals surface area contributed by atoms with Gasteiger partial charge in [0.2, 0.25) is 0 Å². The van der Waals surface area contributed by atoms with Crippen molar-refractivity contribution >= 4 is 17.6 Å². The maximum absolute atomic E-state index is 10.5. The number of rotatable bonds is 4. The molecule has 1 heterocycles. The average molecular weight is 233 g/mol. The number of hydrogen-bond acceptors (Lipinski definition) is 4. The quantitative estimate of drug-likeness (QED) is 0.762. The molecule has 1 aromatic carbocycles. The second kappa shape index (κ2) is 4.90. The first kappa shape index (κ1) is 10.8. The average Bonchev–Trinajstić information content (AvgIpc) is 2.76. The van der Waals surface area contributed by atoms with E-state index in [1.807, 2.05) is 31.2 Å². The smallest absolute Gasteiger partial charge is 0.169 e. The number of para-hydroxylation sites is 1. The third kappa shape index (κ3) is 2.46. The van der Waals surface area contributed by atoms with Crippen LogP contribution in [0, 0.1) is 6.92 Å². The number of aryl methyl sites for hydroxylation is 1. The lowest BCUT2D eigenvalue weighted by Crippen LogP contribution is -1.96. The second-order valence-electron chi connectivity index (χ2n) is 3.34. The summed E-state index contributed by atoms with van der Waals surface area (Å²) in [4.78, 5) is 14.6. The van der Waals surface area contributed by atoms with E-state index in [9.17, 15) is 4.79 Å². The van der Waals surface area contributed by atoms with Gasteiger partial charge in [0.05, 0.1) is 0 Å². The number of hydrogen-bond donors (Lipinski definition) is 0. The standard InChI is InChI=1S/C12H11NO2S/c1-9-4-2-3-5-11(9)15-7-12-13-10(6-14)8-16-12/h2-6,8H,7H2,1H3. The summed E-state index contributed by atoms with van der Waals surface area (Å²) in [6.45, 7) is 2.40. The fraction of sp³-hybridized carbons (Fsp3) is 0.167. The fourth-order valence-electron chi connectivity index (χ4n) is 1.30. The molecule has 0 fully saturated rings. The summed E-state index contributed by atoms with van der Waals surface area (Å²) in [5.41, 5.74) is 1.56. The minimum atomic E-state index is 0.406. The highest BCUT2D eigenvalue weighted by Gasteiger charge is 2.03. The number of aromatic nitrogens is 1. The zero-order valence-corrected chi connectivity index (χ0v) is 9.66. The van der Waals surface area contributed by atoms with Crippen LogP contribution >= 0.6 is 11.3 Å². The van der Waals surface area contributed by atoms with Gasteiger partial charge in [-0.1, -0.05) is 18.2 Å². The molecule has 0 saturated carbocycles. The van der Waals surface area contributed by atoms with Crippen molar-refractivity contribution in [2.75, 3.05) is 0 Å². The molecule has 0 amide bonds. The molecule has 0 aliphatic heterocycles. The van der Waals surface area contributed by atoms with Gasteiger partial charge in [0.15, 0.2) is 6.29 Å². The molecule has 2 rings (SSSR count). The molecule has 0 radical (unpaired) electrons. The van der Waals surface area contributed by atoms with Crippen molar-refractivity contribution in [3.05, 3.63) is 45.9 Å². The van der Waals surface area contributed by atoms with E-state index in [1.54, 1.807) is 5.38 Å². The molecule has 1 aromatic heterocycles. The van der Waals surface area contributed by atoms with Crippen LogP contribution < -0.4 is 4.74 Å². The van der Waals surface area contributed by atoms with Crippen LogP contribution in [-0.2, 0) is 6.61 Å². The Balaban J connectivity index is 2.02. The van der Waals surface area contributed by atoms with Gasteiger partial charge in [-0.25, -0.2) is 4.98 Å². The lowest BCUT2D eigenvalue weighted by Gasteiger charge is -2.06. The SMILES string of the molecule is Cc1ccccc1OCc1nc(C=O)cs1. The Labute approximate surface area is 97.7 Å². The van der Waals surface area contributed by atoms with Crippen LogP contribution in [0.1, 0.15) is 21.1 Å². The Bertz CT molecular complexity index is 493. The van der Waals surface area contributed by atoms with E-state index in [-0.39, 0.29) is 0 Å². The van der Waals surface area contributed by atoms with Gasteiger partial charge in [-0.2, -0.15) is 0 Å². The Morgan fingerprint density at radius 1 is 1.44 bits per heavy atom. The third-order valence-corrected chi connectivity index (χ3v) is 2.98. The molecule has 2 aromatic rings. The number of carbonyl (C=O) groups excluding carboxylic acids is 1. The molecular formula is C12H11NO2S. The van der Waals surface area contributed by atoms with Crippen molar-refractivity contribution in [3.8, 4) is 5.75 Å². The topological polar surface area (TPSA) is 39.2 Å². The summed E-state index contributed by atoms with van der Waals surface area (Å²) in [5.74, 6) is 0.852. The van der Waals surface area contributed by atoms with E-state index in [1.165, 1.54) is 11.3 Å². The van der Waals surface area contributed by atoms with Crippen LogP contribution in [0.25, 0.3) is 0 Å². The lowest BCUT2D eigenvalue weighted by molar-refractivity contribution is 0.111. The minimum absolute atomic E-state index is 0.406. The van der Waals surface area contributed by atoms with Crippen molar-refractivity contribution in [1.29, 1.82) is 0 Å². The van der Waals surface area contributed by atoms with Crippen LogP contribution in [0.3, 0.4) is 0 Å². The fourth-order valence-corrected chi connectivity index (χ4v) is 1.95. The summed E-state index contributed by atoms with van der Waals surface area (Å²) >= 11 is 1.43. The highest BCUT2D eigenvalue weighted by atomic mass is 32.1. The molecule has 0 aliphatic carbocycles. The molecule has 0 saturated heterocycles. The number of thiazole rings is 1. The molecule has 0 N–H and O–H groups in total.